The van der Waals surface area contributed by atoms with Crippen molar-refractivity contribution in [3.05, 3.63) is 35.4 Å². The molecule has 0 amide bonds. The standard InChI is InChI=1S/C11H11Cl/c12-10-3-1-2-9-6-8-4-5-11(9,10)7-8/h1-5,8-9H,6-7H2. The minimum absolute atomic E-state index is 0.223. The molecule has 0 nitrogen and oxygen atoms in total. The predicted molar refractivity (Wildman–Crippen MR) is 50.9 cm³/mol. The third kappa shape index (κ3) is 0.652. The van der Waals surface area contributed by atoms with E-state index in [4.69, 9.17) is 11.6 Å². The van der Waals surface area contributed by atoms with Crippen LogP contribution in [0.2, 0.25) is 0 Å². The van der Waals surface area contributed by atoms with E-state index in [9.17, 15) is 0 Å². The molecular weight excluding hydrogens is 168 g/mol. The van der Waals surface area contributed by atoms with Crippen molar-refractivity contribution in [1.29, 1.82) is 0 Å². The summed E-state index contributed by atoms with van der Waals surface area (Å²) >= 11 is 6.26. The van der Waals surface area contributed by atoms with Gasteiger partial charge in [-0.25, -0.2) is 0 Å². The summed E-state index contributed by atoms with van der Waals surface area (Å²) in [4.78, 5) is 0. The topological polar surface area (TPSA) is 0 Å². The van der Waals surface area contributed by atoms with E-state index < -0.39 is 0 Å². The Kier molecular flexibility index (Phi) is 1.19. The highest BCUT2D eigenvalue weighted by Crippen LogP contribution is 2.59. The molecule has 2 bridgehead atoms. The maximum atomic E-state index is 6.26. The van der Waals surface area contributed by atoms with Crippen molar-refractivity contribution in [3.8, 4) is 0 Å². The first-order valence-corrected chi connectivity index (χ1v) is 4.93. The highest BCUT2D eigenvalue weighted by Gasteiger charge is 2.50. The van der Waals surface area contributed by atoms with Crippen LogP contribution in [0.4, 0.5) is 0 Å². The molecule has 1 spiro atoms. The second-order valence-corrected chi connectivity index (χ2v) is 4.51. The van der Waals surface area contributed by atoms with Crippen molar-refractivity contribution in [2.75, 3.05) is 0 Å². The zero-order chi connectivity index (χ0) is 8.18. The van der Waals surface area contributed by atoms with Crippen molar-refractivity contribution in [1.82, 2.24) is 0 Å². The van der Waals surface area contributed by atoms with Crippen LogP contribution in [0.25, 0.3) is 0 Å². The normalized spacial score (nSPS) is 47.9. The zero-order valence-corrected chi connectivity index (χ0v) is 7.59. The number of hydrogen-bond donors (Lipinski definition) is 0. The monoisotopic (exact) mass is 178 g/mol. The Morgan fingerprint density at radius 3 is 3.08 bits per heavy atom. The molecule has 1 fully saturated rings. The molecule has 0 N–H and O–H groups in total. The minimum atomic E-state index is 0.223. The SMILES string of the molecule is ClC1=CC=CC2CC3C=CC12C3. The van der Waals surface area contributed by atoms with Gasteiger partial charge in [0.05, 0.1) is 0 Å². The van der Waals surface area contributed by atoms with Crippen molar-refractivity contribution in [2.45, 2.75) is 12.8 Å². The average molecular weight is 179 g/mol. The fourth-order valence-corrected chi connectivity index (χ4v) is 3.24. The van der Waals surface area contributed by atoms with Crippen molar-refractivity contribution >= 4 is 11.6 Å². The number of rotatable bonds is 0. The first-order chi connectivity index (χ1) is 5.81. The summed E-state index contributed by atoms with van der Waals surface area (Å²) in [5.74, 6) is 1.48. The molecule has 0 aromatic heterocycles. The van der Waals surface area contributed by atoms with E-state index in [0.717, 1.165) is 11.0 Å². The zero-order valence-electron chi connectivity index (χ0n) is 6.83. The Morgan fingerprint density at radius 1 is 1.42 bits per heavy atom. The molecule has 0 radical (unpaired) electrons. The van der Waals surface area contributed by atoms with E-state index in [1.807, 2.05) is 0 Å². The predicted octanol–water partition coefficient (Wildman–Crippen LogP) is 3.26. The minimum Gasteiger partial charge on any atom is -0.0882 e. The molecule has 0 aromatic carbocycles. The van der Waals surface area contributed by atoms with Crippen LogP contribution in [0.15, 0.2) is 35.4 Å². The van der Waals surface area contributed by atoms with E-state index in [1.54, 1.807) is 0 Å². The van der Waals surface area contributed by atoms with Gasteiger partial charge in [0.25, 0.3) is 0 Å². The number of allylic oxidation sites excluding steroid dienone is 6. The smallest absolute Gasteiger partial charge is 0.0308 e. The van der Waals surface area contributed by atoms with Crippen LogP contribution in [0.3, 0.4) is 0 Å². The number of fused-ring (bicyclic) bond motifs is 1. The number of halogens is 1. The van der Waals surface area contributed by atoms with Gasteiger partial charge in [-0.1, -0.05) is 35.9 Å². The van der Waals surface area contributed by atoms with Crippen LogP contribution in [0.1, 0.15) is 12.8 Å². The Morgan fingerprint density at radius 2 is 2.33 bits per heavy atom. The Bertz CT molecular complexity index is 311. The lowest BCUT2D eigenvalue weighted by Gasteiger charge is -2.32. The molecule has 1 heteroatoms. The summed E-state index contributed by atoms with van der Waals surface area (Å²) in [5.41, 5.74) is 0.223. The quantitative estimate of drug-likeness (QED) is 0.500. The summed E-state index contributed by atoms with van der Waals surface area (Å²) < 4.78 is 0. The maximum Gasteiger partial charge on any atom is 0.0308 e. The van der Waals surface area contributed by atoms with Crippen molar-refractivity contribution in [3.63, 3.8) is 0 Å². The first kappa shape index (κ1) is 6.97. The van der Waals surface area contributed by atoms with Gasteiger partial charge in [0.1, 0.15) is 0 Å². The van der Waals surface area contributed by atoms with Gasteiger partial charge in [0.2, 0.25) is 0 Å². The molecule has 62 valence electrons. The molecule has 3 unspecified atom stereocenters. The summed E-state index contributed by atoms with van der Waals surface area (Å²) in [7, 11) is 0. The molecule has 3 rings (SSSR count). The Hall–Kier alpha value is -0.490. The van der Waals surface area contributed by atoms with Gasteiger partial charge >= 0.3 is 0 Å². The van der Waals surface area contributed by atoms with Crippen LogP contribution < -0.4 is 0 Å². The summed E-state index contributed by atoms with van der Waals surface area (Å²) in [5, 5.41) is 1.05. The summed E-state index contributed by atoms with van der Waals surface area (Å²) in [6.07, 6.45) is 13.7. The third-order valence-corrected chi connectivity index (χ3v) is 3.99. The van der Waals surface area contributed by atoms with Gasteiger partial charge in [-0.15, -0.1) is 0 Å². The lowest BCUT2D eigenvalue weighted by Crippen LogP contribution is -2.23. The van der Waals surface area contributed by atoms with Crippen LogP contribution in [0, 0.1) is 17.3 Å². The van der Waals surface area contributed by atoms with Gasteiger partial charge in [-0.3, -0.25) is 0 Å². The van der Waals surface area contributed by atoms with Crippen LogP contribution in [-0.2, 0) is 0 Å². The molecule has 3 atom stereocenters. The molecule has 1 saturated carbocycles. The van der Waals surface area contributed by atoms with Gasteiger partial charge in [0.15, 0.2) is 0 Å². The van der Waals surface area contributed by atoms with Gasteiger partial charge in [-0.05, 0) is 30.8 Å². The Labute approximate surface area is 77.6 Å². The lowest BCUT2D eigenvalue weighted by atomic mass is 9.75. The van der Waals surface area contributed by atoms with E-state index in [0.29, 0.717) is 5.92 Å². The molecule has 0 aromatic rings. The third-order valence-electron chi connectivity index (χ3n) is 3.51. The summed E-state index contributed by atoms with van der Waals surface area (Å²) in [6.45, 7) is 0. The van der Waals surface area contributed by atoms with Crippen LogP contribution >= 0.6 is 11.6 Å². The molecule has 0 aliphatic heterocycles. The first-order valence-electron chi connectivity index (χ1n) is 4.55. The van der Waals surface area contributed by atoms with Crippen molar-refractivity contribution < 1.29 is 0 Å². The molecule has 3 aliphatic carbocycles. The largest absolute Gasteiger partial charge is 0.0882 e. The van der Waals surface area contributed by atoms with Crippen LogP contribution in [-0.4, -0.2) is 0 Å². The van der Waals surface area contributed by atoms with Crippen LogP contribution in [0.5, 0.6) is 0 Å². The fourth-order valence-electron chi connectivity index (χ4n) is 2.88. The van der Waals surface area contributed by atoms with Crippen molar-refractivity contribution in [2.24, 2.45) is 17.3 Å². The number of hydrogen-bond acceptors (Lipinski definition) is 0. The van der Waals surface area contributed by atoms with E-state index >= 15 is 0 Å². The van der Waals surface area contributed by atoms with E-state index in [-0.39, 0.29) is 5.41 Å². The van der Waals surface area contributed by atoms with Gasteiger partial charge in [0, 0.05) is 10.4 Å². The maximum absolute atomic E-state index is 6.26. The Balaban J connectivity index is 2.16. The lowest BCUT2D eigenvalue weighted by molar-refractivity contribution is 0.410. The van der Waals surface area contributed by atoms with Gasteiger partial charge in [-0.2, -0.15) is 0 Å². The highest BCUT2D eigenvalue weighted by atomic mass is 35.5. The molecule has 0 heterocycles. The molecule has 12 heavy (non-hydrogen) atoms. The molecule has 0 saturated heterocycles. The highest BCUT2D eigenvalue weighted by molar-refractivity contribution is 6.30. The molecule has 3 aliphatic rings. The molecular formula is C11H11Cl. The second-order valence-electron chi connectivity index (χ2n) is 4.11. The fraction of sp³-hybridized carbons (Fsp3) is 0.455. The van der Waals surface area contributed by atoms with Gasteiger partial charge < -0.3 is 0 Å². The second kappa shape index (κ2) is 2.05. The van der Waals surface area contributed by atoms with E-state index in [2.05, 4.69) is 30.4 Å². The average Bonchev–Trinajstić information content (AvgIpc) is 2.61. The van der Waals surface area contributed by atoms with E-state index in [1.165, 1.54) is 12.8 Å². The summed E-state index contributed by atoms with van der Waals surface area (Å²) in [6, 6.07) is 0.